The van der Waals surface area contributed by atoms with Crippen molar-refractivity contribution < 1.29 is 24.1 Å². The van der Waals surface area contributed by atoms with Crippen molar-refractivity contribution >= 4 is 12.1 Å². The number of carbonyl (C=O) groups excluding carboxylic acids is 1. The van der Waals surface area contributed by atoms with Crippen molar-refractivity contribution in [3.8, 4) is 23.0 Å². The van der Waals surface area contributed by atoms with Gasteiger partial charge in [0.15, 0.2) is 0 Å². The summed E-state index contributed by atoms with van der Waals surface area (Å²) in [5.41, 5.74) is 3.18. The lowest BCUT2D eigenvalue weighted by Gasteiger charge is -2.15. The molecule has 2 rings (SSSR count). The predicted octanol–water partition coefficient (Wildman–Crippen LogP) is 3.74. The summed E-state index contributed by atoms with van der Waals surface area (Å²) in [6.07, 6.45) is 1.49. The zero-order valence-electron chi connectivity index (χ0n) is 16.7. The number of benzene rings is 2. The van der Waals surface area contributed by atoms with Gasteiger partial charge in [-0.1, -0.05) is 0 Å². The minimum Gasteiger partial charge on any atom is -0.507 e. The number of hydrogen-bond acceptors (Lipinski definition) is 6. The van der Waals surface area contributed by atoms with Gasteiger partial charge >= 0.3 is 0 Å². The van der Waals surface area contributed by atoms with E-state index in [0.29, 0.717) is 22.8 Å². The monoisotopic (exact) mass is 386 g/mol. The molecule has 150 valence electrons. The average molecular weight is 386 g/mol. The molecule has 1 amide bonds. The first-order valence-corrected chi connectivity index (χ1v) is 8.98. The van der Waals surface area contributed by atoms with E-state index in [1.807, 2.05) is 33.8 Å². The molecule has 2 aromatic rings. The number of methoxy groups -OCH3 is 1. The highest BCUT2D eigenvalue weighted by Crippen LogP contribution is 2.26. The molecule has 7 nitrogen and oxygen atoms in total. The van der Waals surface area contributed by atoms with Crippen LogP contribution in [0.2, 0.25) is 0 Å². The van der Waals surface area contributed by atoms with Crippen LogP contribution in [0, 0.1) is 0 Å². The van der Waals surface area contributed by atoms with Crippen LogP contribution < -0.4 is 19.6 Å². The van der Waals surface area contributed by atoms with Crippen LogP contribution in [0.4, 0.5) is 0 Å². The van der Waals surface area contributed by atoms with Crippen LogP contribution in [0.15, 0.2) is 41.5 Å². The highest BCUT2D eigenvalue weighted by Gasteiger charge is 2.12. The number of amides is 1. The van der Waals surface area contributed by atoms with E-state index in [1.54, 1.807) is 18.2 Å². The molecular formula is C21H26N2O5. The summed E-state index contributed by atoms with van der Waals surface area (Å²) < 4.78 is 16.5. The number of phenols is 1. The van der Waals surface area contributed by atoms with Crippen molar-refractivity contribution in [3.05, 3.63) is 47.5 Å². The summed E-state index contributed by atoms with van der Waals surface area (Å²) in [5.74, 6) is 1.01. The predicted molar refractivity (Wildman–Crippen MR) is 108 cm³/mol. The topological polar surface area (TPSA) is 89.4 Å². The van der Waals surface area contributed by atoms with E-state index in [4.69, 9.17) is 14.2 Å². The normalized spacial score (nSPS) is 11.1. The van der Waals surface area contributed by atoms with Gasteiger partial charge in [0.2, 0.25) is 0 Å². The molecule has 2 N–H and O–H groups in total. The molecule has 0 radical (unpaired) electrons. The minimum absolute atomic E-state index is 0.0349. The molecule has 0 atom stereocenters. The second kappa shape index (κ2) is 9.64. The molecule has 0 aromatic heterocycles. The molecule has 28 heavy (non-hydrogen) atoms. The number of hydrogen-bond donors (Lipinski definition) is 2. The molecule has 0 aliphatic rings. The fourth-order valence-corrected chi connectivity index (χ4v) is 2.37. The fourth-order valence-electron chi connectivity index (χ4n) is 2.37. The first-order chi connectivity index (χ1) is 13.3. The summed E-state index contributed by atoms with van der Waals surface area (Å²) in [6, 6.07) is 9.81. The van der Waals surface area contributed by atoms with E-state index in [1.165, 1.54) is 25.5 Å². The zero-order chi connectivity index (χ0) is 20.7. The van der Waals surface area contributed by atoms with E-state index in [0.717, 1.165) is 0 Å². The van der Waals surface area contributed by atoms with Crippen molar-refractivity contribution in [1.82, 2.24) is 5.43 Å². The van der Waals surface area contributed by atoms with Gasteiger partial charge in [-0.3, -0.25) is 4.79 Å². The SMILES string of the molecule is COc1ccc(C(=O)N/N=C\c2ccc(OC(C)C)cc2OC(C)C)c(O)c1. The Morgan fingerprint density at radius 1 is 1.04 bits per heavy atom. The number of nitrogens with one attached hydrogen (secondary N) is 1. The van der Waals surface area contributed by atoms with Gasteiger partial charge in [-0.05, 0) is 52.0 Å². The minimum atomic E-state index is -0.539. The second-order valence-electron chi connectivity index (χ2n) is 6.62. The summed E-state index contributed by atoms with van der Waals surface area (Å²) in [4.78, 5) is 12.2. The summed E-state index contributed by atoms with van der Waals surface area (Å²) in [7, 11) is 1.48. The maximum absolute atomic E-state index is 12.2. The molecule has 0 saturated heterocycles. The Labute approximate surface area is 164 Å². The van der Waals surface area contributed by atoms with Gasteiger partial charge in [0.05, 0.1) is 31.1 Å². The van der Waals surface area contributed by atoms with Crippen molar-refractivity contribution in [1.29, 1.82) is 0 Å². The molecule has 0 heterocycles. The van der Waals surface area contributed by atoms with Gasteiger partial charge < -0.3 is 19.3 Å². The van der Waals surface area contributed by atoms with E-state index in [-0.39, 0.29) is 23.5 Å². The zero-order valence-corrected chi connectivity index (χ0v) is 16.7. The largest absolute Gasteiger partial charge is 0.507 e. The van der Waals surface area contributed by atoms with Crippen LogP contribution >= 0.6 is 0 Å². The van der Waals surface area contributed by atoms with Crippen LogP contribution in [-0.2, 0) is 0 Å². The maximum Gasteiger partial charge on any atom is 0.275 e. The van der Waals surface area contributed by atoms with Gasteiger partial charge in [-0.15, -0.1) is 0 Å². The van der Waals surface area contributed by atoms with Crippen LogP contribution in [0.25, 0.3) is 0 Å². The summed E-state index contributed by atoms with van der Waals surface area (Å²) in [5, 5.41) is 13.9. The van der Waals surface area contributed by atoms with Crippen LogP contribution in [0.3, 0.4) is 0 Å². The Bertz CT molecular complexity index is 847. The number of hydrazone groups is 1. The molecule has 0 bridgehead atoms. The number of aromatic hydroxyl groups is 1. The quantitative estimate of drug-likeness (QED) is 0.533. The highest BCUT2D eigenvalue weighted by molar-refractivity contribution is 5.97. The third kappa shape index (κ3) is 5.90. The maximum atomic E-state index is 12.2. The average Bonchev–Trinajstić information content (AvgIpc) is 2.62. The fraction of sp³-hybridized carbons (Fsp3) is 0.333. The lowest BCUT2D eigenvalue weighted by atomic mass is 10.2. The molecule has 0 saturated carbocycles. The third-order valence-corrected chi connectivity index (χ3v) is 3.54. The molecule has 7 heteroatoms. The van der Waals surface area contributed by atoms with E-state index in [2.05, 4.69) is 10.5 Å². The number of carbonyl (C=O) groups is 1. The Hall–Kier alpha value is -3.22. The van der Waals surface area contributed by atoms with Crippen LogP contribution in [-0.4, -0.2) is 36.5 Å². The van der Waals surface area contributed by atoms with Gasteiger partial charge in [0.25, 0.3) is 5.91 Å². The molecular weight excluding hydrogens is 360 g/mol. The highest BCUT2D eigenvalue weighted by atomic mass is 16.5. The number of phenolic OH excluding ortho intramolecular Hbond substituents is 1. The number of rotatable bonds is 8. The Morgan fingerprint density at radius 2 is 1.71 bits per heavy atom. The van der Waals surface area contributed by atoms with Crippen molar-refractivity contribution in [2.24, 2.45) is 5.10 Å². The van der Waals surface area contributed by atoms with Crippen LogP contribution in [0.1, 0.15) is 43.6 Å². The first-order valence-electron chi connectivity index (χ1n) is 8.98. The lowest BCUT2D eigenvalue weighted by molar-refractivity contribution is 0.0952. The number of ether oxygens (including phenoxy) is 3. The van der Waals surface area contributed by atoms with Gasteiger partial charge in [0, 0.05) is 17.7 Å². The smallest absolute Gasteiger partial charge is 0.275 e. The molecule has 0 fully saturated rings. The number of nitrogens with zero attached hydrogens (tertiary/aromatic N) is 1. The van der Waals surface area contributed by atoms with Crippen molar-refractivity contribution in [2.45, 2.75) is 39.9 Å². The Morgan fingerprint density at radius 3 is 2.32 bits per heavy atom. The van der Waals surface area contributed by atoms with Gasteiger partial charge in [-0.25, -0.2) is 5.43 Å². The summed E-state index contributed by atoms with van der Waals surface area (Å²) in [6.45, 7) is 7.74. The molecule has 0 spiro atoms. The Balaban J connectivity index is 2.15. The first kappa shape index (κ1) is 21.1. The van der Waals surface area contributed by atoms with Crippen molar-refractivity contribution in [3.63, 3.8) is 0 Å². The van der Waals surface area contributed by atoms with E-state index < -0.39 is 5.91 Å². The molecule has 0 unspecified atom stereocenters. The van der Waals surface area contributed by atoms with Crippen molar-refractivity contribution in [2.75, 3.05) is 7.11 Å². The Kier molecular flexibility index (Phi) is 7.26. The van der Waals surface area contributed by atoms with Gasteiger partial charge in [-0.2, -0.15) is 5.10 Å². The molecule has 2 aromatic carbocycles. The summed E-state index contributed by atoms with van der Waals surface area (Å²) >= 11 is 0. The molecule has 0 aliphatic carbocycles. The van der Waals surface area contributed by atoms with E-state index >= 15 is 0 Å². The standard InChI is InChI=1S/C21H26N2O5/c1-13(2)27-17-7-6-15(20(11-17)28-14(3)4)12-22-23-21(25)18-9-8-16(26-5)10-19(18)24/h6-14,24H,1-5H3,(H,23,25)/b22-12-. The second-order valence-corrected chi connectivity index (χ2v) is 6.62. The van der Waals surface area contributed by atoms with Gasteiger partial charge in [0.1, 0.15) is 23.0 Å². The molecule has 0 aliphatic heterocycles. The van der Waals surface area contributed by atoms with E-state index in [9.17, 15) is 9.90 Å². The third-order valence-electron chi connectivity index (χ3n) is 3.54. The lowest BCUT2D eigenvalue weighted by Crippen LogP contribution is -2.18. The van der Waals surface area contributed by atoms with Crippen LogP contribution in [0.5, 0.6) is 23.0 Å².